The lowest BCUT2D eigenvalue weighted by Crippen LogP contribution is -2.56. The van der Waals surface area contributed by atoms with Crippen molar-refractivity contribution in [3.8, 4) is 6.07 Å². The molecule has 1 heterocycles. The van der Waals surface area contributed by atoms with Crippen molar-refractivity contribution in [1.82, 2.24) is 15.1 Å². The summed E-state index contributed by atoms with van der Waals surface area (Å²) in [5, 5.41) is 12.2. The summed E-state index contributed by atoms with van der Waals surface area (Å²) in [4.78, 5) is 28.7. The van der Waals surface area contributed by atoms with E-state index in [4.69, 9.17) is 0 Å². The van der Waals surface area contributed by atoms with E-state index in [1.807, 2.05) is 51.7 Å². The van der Waals surface area contributed by atoms with Gasteiger partial charge in [-0.15, -0.1) is 0 Å². The Balaban J connectivity index is 1.97. The van der Waals surface area contributed by atoms with Gasteiger partial charge in [-0.25, -0.2) is 0 Å². The van der Waals surface area contributed by atoms with E-state index in [1.54, 1.807) is 0 Å². The summed E-state index contributed by atoms with van der Waals surface area (Å²) in [6, 6.07) is 5.81. The molecule has 0 aromatic heterocycles. The molecule has 1 aliphatic heterocycles. The van der Waals surface area contributed by atoms with Crippen LogP contribution in [0.3, 0.4) is 0 Å². The Bertz CT molecular complexity index is 733. The zero-order valence-electron chi connectivity index (χ0n) is 17.1. The number of amides is 2. The molecule has 1 aromatic carbocycles. The van der Waals surface area contributed by atoms with Gasteiger partial charge in [-0.1, -0.05) is 6.92 Å². The van der Waals surface area contributed by atoms with Gasteiger partial charge >= 0.3 is 0 Å². The maximum atomic E-state index is 12.8. The number of carbonyl (C=O) groups is 2. The second-order valence-electron chi connectivity index (χ2n) is 7.95. The number of nitrogens with zero attached hydrogens (tertiary/aromatic N) is 3. The number of aryl methyl sites for hydroxylation is 2. The van der Waals surface area contributed by atoms with Crippen LogP contribution in [0.25, 0.3) is 0 Å². The van der Waals surface area contributed by atoms with Gasteiger partial charge in [-0.2, -0.15) is 5.26 Å². The van der Waals surface area contributed by atoms with E-state index in [1.165, 1.54) is 0 Å². The molecule has 2 rings (SSSR count). The van der Waals surface area contributed by atoms with E-state index in [2.05, 4.69) is 16.3 Å². The monoisotopic (exact) mass is 370 g/mol. The van der Waals surface area contributed by atoms with Crippen molar-refractivity contribution in [3.05, 3.63) is 34.4 Å². The van der Waals surface area contributed by atoms with Crippen molar-refractivity contribution < 1.29 is 9.59 Å². The molecule has 0 saturated carbocycles. The number of benzene rings is 1. The van der Waals surface area contributed by atoms with Gasteiger partial charge in [-0.05, 0) is 51.0 Å². The fourth-order valence-corrected chi connectivity index (χ4v) is 3.62. The van der Waals surface area contributed by atoms with E-state index in [9.17, 15) is 14.9 Å². The molecule has 27 heavy (non-hydrogen) atoms. The summed E-state index contributed by atoms with van der Waals surface area (Å²) < 4.78 is 0. The molecule has 2 amide bonds. The summed E-state index contributed by atoms with van der Waals surface area (Å²) in [7, 11) is 0. The normalized spacial score (nSPS) is 15.3. The average molecular weight is 370 g/mol. The maximum absolute atomic E-state index is 12.8. The third-order valence-corrected chi connectivity index (χ3v) is 4.97. The highest BCUT2D eigenvalue weighted by Gasteiger charge is 2.28. The topological polar surface area (TPSA) is 76.4 Å². The van der Waals surface area contributed by atoms with Crippen LogP contribution in [0, 0.1) is 25.2 Å². The molecule has 0 spiro atoms. The van der Waals surface area contributed by atoms with Gasteiger partial charge in [0.15, 0.2) is 0 Å². The van der Waals surface area contributed by atoms with Gasteiger partial charge in [0, 0.05) is 50.2 Å². The molecule has 6 heteroatoms. The largest absolute Gasteiger partial charge is 0.350 e. The lowest BCUT2D eigenvalue weighted by molar-refractivity contribution is -0.122. The van der Waals surface area contributed by atoms with Crippen molar-refractivity contribution in [2.24, 2.45) is 0 Å². The highest BCUT2D eigenvalue weighted by Crippen LogP contribution is 2.18. The number of nitriles is 1. The van der Waals surface area contributed by atoms with Crippen LogP contribution in [-0.4, -0.2) is 59.9 Å². The van der Waals surface area contributed by atoms with E-state index in [0.717, 1.165) is 30.8 Å². The Morgan fingerprint density at radius 3 is 2.19 bits per heavy atom. The molecule has 1 N–H and O–H groups in total. The highest BCUT2D eigenvalue weighted by atomic mass is 16.2. The zero-order chi connectivity index (χ0) is 20.2. The van der Waals surface area contributed by atoms with Gasteiger partial charge in [-0.3, -0.25) is 14.5 Å². The smallest absolute Gasteiger partial charge is 0.253 e. The minimum absolute atomic E-state index is 0.0175. The maximum Gasteiger partial charge on any atom is 0.253 e. The van der Waals surface area contributed by atoms with E-state index >= 15 is 0 Å². The van der Waals surface area contributed by atoms with Crippen molar-refractivity contribution in [1.29, 1.82) is 5.26 Å². The van der Waals surface area contributed by atoms with E-state index in [-0.39, 0.29) is 17.4 Å². The first-order valence-corrected chi connectivity index (χ1v) is 9.51. The van der Waals surface area contributed by atoms with Crippen molar-refractivity contribution in [2.75, 3.05) is 32.7 Å². The summed E-state index contributed by atoms with van der Waals surface area (Å²) in [5.41, 5.74) is 2.68. The Morgan fingerprint density at radius 2 is 1.70 bits per heavy atom. The van der Waals surface area contributed by atoms with Crippen molar-refractivity contribution >= 4 is 11.8 Å². The van der Waals surface area contributed by atoms with Gasteiger partial charge < -0.3 is 10.2 Å². The Morgan fingerprint density at radius 1 is 1.15 bits per heavy atom. The number of nitrogens with one attached hydrogen (secondary N) is 1. The molecule has 1 saturated heterocycles. The second-order valence-corrected chi connectivity index (χ2v) is 7.95. The summed E-state index contributed by atoms with van der Waals surface area (Å²) >= 11 is 0. The Hall–Kier alpha value is -2.39. The van der Waals surface area contributed by atoms with Crippen LogP contribution in [0.1, 0.15) is 54.2 Å². The number of rotatable bonds is 5. The van der Waals surface area contributed by atoms with Gasteiger partial charge in [0.05, 0.1) is 11.6 Å². The lowest BCUT2D eigenvalue weighted by atomic mass is 9.99. The van der Waals surface area contributed by atoms with E-state index < -0.39 is 0 Å². The number of hydrogen-bond acceptors (Lipinski definition) is 4. The van der Waals surface area contributed by atoms with Crippen LogP contribution < -0.4 is 5.32 Å². The third-order valence-electron chi connectivity index (χ3n) is 4.97. The molecule has 6 nitrogen and oxygen atoms in total. The molecule has 0 unspecified atom stereocenters. The SMILES string of the molecule is CCC(=O)NC(C)(C)CN1CCN(C(=O)c2cc(C)c(C#N)c(C)c2)CC1. The lowest BCUT2D eigenvalue weighted by Gasteiger charge is -2.39. The fourth-order valence-electron chi connectivity index (χ4n) is 3.62. The van der Waals surface area contributed by atoms with Crippen molar-refractivity contribution in [2.45, 2.75) is 46.6 Å². The molecule has 0 atom stereocenters. The minimum Gasteiger partial charge on any atom is -0.350 e. The summed E-state index contributed by atoms with van der Waals surface area (Å²) in [6.45, 7) is 13.3. The molecular weight excluding hydrogens is 340 g/mol. The fraction of sp³-hybridized carbons (Fsp3) is 0.571. The highest BCUT2D eigenvalue weighted by molar-refractivity contribution is 5.95. The molecule has 1 aromatic rings. The standard InChI is InChI=1S/C21H30N4O2/c1-6-19(26)23-21(4,5)14-24-7-9-25(10-8-24)20(27)17-11-15(2)18(13-22)16(3)12-17/h11-12H,6-10,14H2,1-5H3,(H,23,26). The van der Waals surface area contributed by atoms with Crippen LogP contribution in [0.2, 0.25) is 0 Å². The summed E-state index contributed by atoms with van der Waals surface area (Å²) in [5.74, 6) is 0.0734. The zero-order valence-corrected chi connectivity index (χ0v) is 17.1. The number of carbonyl (C=O) groups excluding carboxylic acids is 2. The molecule has 0 bridgehead atoms. The Labute approximate surface area is 162 Å². The van der Waals surface area contributed by atoms with Crippen LogP contribution in [0.15, 0.2) is 12.1 Å². The Kier molecular flexibility index (Phi) is 6.61. The van der Waals surface area contributed by atoms with Crippen LogP contribution >= 0.6 is 0 Å². The third kappa shape index (κ3) is 5.30. The predicted molar refractivity (Wildman–Crippen MR) is 105 cm³/mol. The first-order valence-electron chi connectivity index (χ1n) is 9.51. The first kappa shape index (κ1) is 20.9. The molecule has 0 radical (unpaired) electrons. The molecule has 0 aliphatic carbocycles. The molecule has 146 valence electrons. The predicted octanol–water partition coefficient (Wildman–Crippen LogP) is 2.24. The second kappa shape index (κ2) is 8.53. The number of piperazine rings is 1. The quantitative estimate of drug-likeness (QED) is 0.862. The van der Waals surface area contributed by atoms with Crippen LogP contribution in [0.4, 0.5) is 0 Å². The summed E-state index contributed by atoms with van der Waals surface area (Å²) in [6.07, 6.45) is 0.481. The molecule has 1 aliphatic rings. The van der Waals surface area contributed by atoms with Crippen LogP contribution in [0.5, 0.6) is 0 Å². The molecule has 1 fully saturated rings. The van der Waals surface area contributed by atoms with Gasteiger partial charge in [0.2, 0.25) is 5.91 Å². The van der Waals surface area contributed by atoms with E-state index in [0.29, 0.717) is 30.6 Å². The van der Waals surface area contributed by atoms with Gasteiger partial charge in [0.25, 0.3) is 5.91 Å². The van der Waals surface area contributed by atoms with Gasteiger partial charge in [0.1, 0.15) is 0 Å². The van der Waals surface area contributed by atoms with Crippen molar-refractivity contribution in [3.63, 3.8) is 0 Å². The minimum atomic E-state index is -0.291. The number of hydrogen-bond donors (Lipinski definition) is 1. The molecular formula is C21H30N4O2. The average Bonchev–Trinajstić information content (AvgIpc) is 2.60. The van der Waals surface area contributed by atoms with Crippen LogP contribution in [-0.2, 0) is 4.79 Å². The first-order chi connectivity index (χ1) is 12.7.